The topological polar surface area (TPSA) is 76.4 Å². The maximum absolute atomic E-state index is 12.9. The summed E-state index contributed by atoms with van der Waals surface area (Å²) in [5.74, 6) is 0. The summed E-state index contributed by atoms with van der Waals surface area (Å²) in [4.78, 5) is 0.632. The van der Waals surface area contributed by atoms with Crippen molar-refractivity contribution in [1.82, 2.24) is 0 Å². The van der Waals surface area contributed by atoms with Gasteiger partial charge >= 0.3 is 7.60 Å². The van der Waals surface area contributed by atoms with Gasteiger partial charge in [-0.15, -0.1) is 0 Å². The van der Waals surface area contributed by atoms with E-state index in [0.29, 0.717) is 4.90 Å². The van der Waals surface area contributed by atoms with E-state index in [-0.39, 0.29) is 19.6 Å². The Morgan fingerprint density at radius 3 is 2.32 bits per heavy atom. The second kappa shape index (κ2) is 6.64. The van der Waals surface area contributed by atoms with Gasteiger partial charge in [-0.05, 0) is 39.3 Å². The predicted octanol–water partition coefficient (Wildman–Crippen LogP) is 3.40. The molecular formula is C15H20NO4PS. The first kappa shape index (κ1) is 17.4. The van der Waals surface area contributed by atoms with Crippen LogP contribution in [0.4, 0.5) is 0 Å². The third-order valence-corrected chi connectivity index (χ3v) is 8.43. The van der Waals surface area contributed by atoms with Gasteiger partial charge in [0.05, 0.1) is 35.3 Å². The van der Waals surface area contributed by atoms with Crippen LogP contribution in [0.1, 0.15) is 25.8 Å². The molecule has 1 fully saturated rings. The van der Waals surface area contributed by atoms with E-state index >= 15 is 0 Å². The van der Waals surface area contributed by atoms with Crippen molar-refractivity contribution in [2.45, 2.75) is 42.5 Å². The van der Waals surface area contributed by atoms with Gasteiger partial charge in [0.15, 0.2) is 5.16 Å². The summed E-state index contributed by atoms with van der Waals surface area (Å²) in [5, 5.41) is 7.72. The van der Waals surface area contributed by atoms with Gasteiger partial charge in [0.1, 0.15) is 0 Å². The molecule has 1 aromatic carbocycles. The Morgan fingerprint density at radius 1 is 1.32 bits per heavy atom. The standard InChI is InChI=1S/C15H20NO4PS/c1-4-19-21(17,20-5-2)15(11-16)10-14(15)22(18)13-8-6-12(3)7-9-13/h6-9,14H,4-5,10H2,1-3H3/t14-,15+,22?/m0/s1. The van der Waals surface area contributed by atoms with Gasteiger partial charge in [-0.1, -0.05) is 17.7 Å². The molecule has 1 saturated carbocycles. The first-order valence-electron chi connectivity index (χ1n) is 7.21. The molecule has 3 atom stereocenters. The van der Waals surface area contributed by atoms with E-state index < -0.39 is 28.8 Å². The van der Waals surface area contributed by atoms with Crippen LogP contribution in [0.25, 0.3) is 0 Å². The van der Waals surface area contributed by atoms with Crippen molar-refractivity contribution in [2.75, 3.05) is 13.2 Å². The first-order valence-corrected chi connectivity index (χ1v) is 9.97. The smallest absolute Gasteiger partial charge is 0.308 e. The average Bonchev–Trinajstić information content (AvgIpc) is 3.24. The molecule has 1 unspecified atom stereocenters. The molecule has 2 rings (SSSR count). The molecule has 0 N–H and O–H groups in total. The van der Waals surface area contributed by atoms with Crippen molar-refractivity contribution in [3.8, 4) is 6.07 Å². The molecule has 0 amide bonds. The molecule has 0 aliphatic heterocycles. The molecule has 0 bridgehead atoms. The van der Waals surface area contributed by atoms with Gasteiger partial charge in [0.25, 0.3) is 0 Å². The van der Waals surface area contributed by atoms with E-state index in [4.69, 9.17) is 9.05 Å². The molecular weight excluding hydrogens is 321 g/mol. The second-order valence-electron chi connectivity index (χ2n) is 5.17. The van der Waals surface area contributed by atoms with Gasteiger partial charge in [0, 0.05) is 4.90 Å². The summed E-state index contributed by atoms with van der Waals surface area (Å²) in [5.41, 5.74) is 1.07. The Labute approximate surface area is 133 Å². The van der Waals surface area contributed by atoms with Crippen LogP contribution in [0.5, 0.6) is 0 Å². The highest BCUT2D eigenvalue weighted by molar-refractivity contribution is 7.87. The summed E-state index contributed by atoms with van der Waals surface area (Å²) >= 11 is 0. The van der Waals surface area contributed by atoms with Gasteiger partial charge in [0.2, 0.25) is 0 Å². The van der Waals surface area contributed by atoms with E-state index in [1.807, 2.05) is 19.1 Å². The summed E-state index contributed by atoms with van der Waals surface area (Å²) in [6.45, 7) is 5.72. The van der Waals surface area contributed by atoms with Crippen molar-refractivity contribution >= 4 is 18.4 Å². The third kappa shape index (κ3) is 2.91. The van der Waals surface area contributed by atoms with Crippen molar-refractivity contribution in [2.24, 2.45) is 0 Å². The zero-order chi connectivity index (χ0) is 16.4. The molecule has 0 spiro atoms. The monoisotopic (exact) mass is 341 g/mol. The molecule has 0 heterocycles. The van der Waals surface area contributed by atoms with Crippen molar-refractivity contribution < 1.29 is 17.8 Å². The van der Waals surface area contributed by atoms with Gasteiger partial charge in [-0.2, -0.15) is 5.26 Å². The van der Waals surface area contributed by atoms with Gasteiger partial charge in [-0.3, -0.25) is 8.77 Å². The summed E-state index contributed by atoms with van der Waals surface area (Å²) in [6.07, 6.45) is 0.265. The Bertz CT molecular complexity index is 645. The number of nitrogens with zero attached hydrogens (tertiary/aromatic N) is 1. The number of hydrogen-bond donors (Lipinski definition) is 0. The van der Waals surface area contributed by atoms with Gasteiger partial charge < -0.3 is 9.05 Å². The molecule has 0 aromatic heterocycles. The van der Waals surface area contributed by atoms with Crippen molar-refractivity contribution in [3.63, 3.8) is 0 Å². The maximum Gasteiger partial charge on any atom is 0.352 e. The second-order valence-corrected chi connectivity index (χ2v) is 9.12. The fourth-order valence-electron chi connectivity index (χ4n) is 2.39. The highest BCUT2D eigenvalue weighted by Gasteiger charge is 2.71. The van der Waals surface area contributed by atoms with E-state index in [2.05, 4.69) is 6.07 Å². The highest BCUT2D eigenvalue weighted by atomic mass is 32.2. The minimum absolute atomic E-state index is 0.185. The summed E-state index contributed by atoms with van der Waals surface area (Å²) in [7, 11) is -5.02. The van der Waals surface area contributed by atoms with Crippen LogP contribution in [-0.2, 0) is 24.4 Å². The lowest BCUT2D eigenvalue weighted by Gasteiger charge is -2.21. The van der Waals surface area contributed by atoms with Crippen LogP contribution < -0.4 is 0 Å². The van der Waals surface area contributed by atoms with E-state index in [9.17, 15) is 14.0 Å². The lowest BCUT2D eigenvalue weighted by Crippen LogP contribution is -2.20. The van der Waals surface area contributed by atoms with Crippen LogP contribution in [0.3, 0.4) is 0 Å². The number of hydrogen-bond acceptors (Lipinski definition) is 5. The molecule has 5 nitrogen and oxygen atoms in total. The minimum atomic E-state index is -3.61. The Balaban J connectivity index is 2.28. The Kier molecular flexibility index (Phi) is 5.24. The molecule has 120 valence electrons. The first-order chi connectivity index (χ1) is 10.4. The molecule has 1 aliphatic rings. The lowest BCUT2D eigenvalue weighted by molar-refractivity contribution is 0.214. The van der Waals surface area contributed by atoms with Crippen molar-refractivity contribution in [1.29, 1.82) is 5.26 Å². The van der Waals surface area contributed by atoms with E-state index in [1.165, 1.54) is 0 Å². The van der Waals surface area contributed by atoms with Crippen LogP contribution in [0, 0.1) is 18.3 Å². The highest BCUT2D eigenvalue weighted by Crippen LogP contribution is 2.72. The Morgan fingerprint density at radius 2 is 1.86 bits per heavy atom. The van der Waals surface area contributed by atoms with Crippen LogP contribution in [-0.4, -0.2) is 27.8 Å². The normalized spacial score (nSPS) is 25.5. The number of nitriles is 1. The minimum Gasteiger partial charge on any atom is -0.308 e. The molecule has 22 heavy (non-hydrogen) atoms. The van der Waals surface area contributed by atoms with Crippen LogP contribution in [0.15, 0.2) is 29.2 Å². The Hall–Kier alpha value is -0.990. The molecule has 7 heteroatoms. The number of rotatable bonds is 7. The third-order valence-electron chi connectivity index (χ3n) is 3.66. The predicted molar refractivity (Wildman–Crippen MR) is 85.2 cm³/mol. The van der Waals surface area contributed by atoms with Crippen molar-refractivity contribution in [3.05, 3.63) is 29.8 Å². The maximum atomic E-state index is 12.9. The van der Waals surface area contributed by atoms with E-state index in [1.54, 1.807) is 26.0 Å². The summed E-state index contributed by atoms with van der Waals surface area (Å²) < 4.78 is 36.2. The number of benzene rings is 1. The fourth-order valence-corrected chi connectivity index (χ4v) is 6.84. The van der Waals surface area contributed by atoms with Gasteiger partial charge in [-0.25, -0.2) is 0 Å². The number of aryl methyl sites for hydroxylation is 1. The lowest BCUT2D eigenvalue weighted by atomic mass is 10.2. The molecule has 1 aromatic rings. The van der Waals surface area contributed by atoms with Crippen LogP contribution >= 0.6 is 7.60 Å². The quantitative estimate of drug-likeness (QED) is 0.710. The molecule has 0 radical (unpaired) electrons. The molecule has 1 aliphatic carbocycles. The SMILES string of the molecule is CCOP(=O)(OCC)[C@@]1(C#N)C[C@@H]1S(=O)c1ccc(C)cc1. The van der Waals surface area contributed by atoms with Crippen LogP contribution in [0.2, 0.25) is 0 Å². The zero-order valence-electron chi connectivity index (χ0n) is 12.9. The molecule has 0 saturated heterocycles. The fraction of sp³-hybridized carbons (Fsp3) is 0.533. The largest absolute Gasteiger partial charge is 0.352 e. The zero-order valence-corrected chi connectivity index (χ0v) is 14.7. The van der Waals surface area contributed by atoms with E-state index in [0.717, 1.165) is 5.56 Å². The summed E-state index contributed by atoms with van der Waals surface area (Å²) in [6, 6.07) is 9.36. The average molecular weight is 341 g/mol.